The van der Waals surface area contributed by atoms with Gasteiger partial charge in [0.15, 0.2) is 0 Å². The summed E-state index contributed by atoms with van der Waals surface area (Å²) in [4.78, 5) is 4.49. The summed E-state index contributed by atoms with van der Waals surface area (Å²) in [5.41, 5.74) is 10.2. The Kier molecular flexibility index (Phi) is 3.90. The van der Waals surface area contributed by atoms with Crippen molar-refractivity contribution in [1.82, 2.24) is 9.55 Å². The second kappa shape index (κ2) is 5.84. The first-order valence-electron chi connectivity index (χ1n) is 6.78. The van der Waals surface area contributed by atoms with Gasteiger partial charge in [-0.1, -0.05) is 51.8 Å². The molecule has 0 fully saturated rings. The van der Waals surface area contributed by atoms with Crippen LogP contribution in [0.1, 0.15) is 11.1 Å². The van der Waals surface area contributed by atoms with Crippen LogP contribution in [0.2, 0.25) is 0 Å². The van der Waals surface area contributed by atoms with E-state index in [1.54, 1.807) is 0 Å². The zero-order valence-corrected chi connectivity index (χ0v) is 13.3. The van der Waals surface area contributed by atoms with E-state index in [0.717, 1.165) is 27.1 Å². The van der Waals surface area contributed by atoms with Crippen molar-refractivity contribution in [2.24, 2.45) is 5.73 Å². The Bertz CT molecular complexity index is 760. The van der Waals surface area contributed by atoms with Gasteiger partial charge in [0.05, 0.1) is 0 Å². The Morgan fingerprint density at radius 1 is 1.14 bits per heavy atom. The number of benzene rings is 2. The zero-order chi connectivity index (χ0) is 14.8. The molecular weight excluding hydrogens is 326 g/mol. The summed E-state index contributed by atoms with van der Waals surface area (Å²) in [5.74, 6) is 0.933. The number of aryl methyl sites for hydroxylation is 1. The van der Waals surface area contributed by atoms with Gasteiger partial charge in [0.1, 0.15) is 5.82 Å². The van der Waals surface area contributed by atoms with Crippen LogP contribution in [-0.4, -0.2) is 9.55 Å². The molecule has 0 aliphatic carbocycles. The van der Waals surface area contributed by atoms with Crippen LogP contribution in [0, 0.1) is 6.92 Å². The standard InChI is InChI=1S/C17H16BrN3/c1-12-2-4-13(5-3-12)17-20-8-9-21(17)15-7-6-14(11-19)16(18)10-15/h2-10H,11,19H2,1H3. The van der Waals surface area contributed by atoms with E-state index in [4.69, 9.17) is 5.73 Å². The van der Waals surface area contributed by atoms with Crippen LogP contribution in [0.15, 0.2) is 59.3 Å². The van der Waals surface area contributed by atoms with E-state index in [9.17, 15) is 0 Å². The molecule has 0 amide bonds. The average molecular weight is 342 g/mol. The summed E-state index contributed by atoms with van der Waals surface area (Å²) in [5, 5.41) is 0. The lowest BCUT2D eigenvalue weighted by Gasteiger charge is -2.10. The summed E-state index contributed by atoms with van der Waals surface area (Å²) in [7, 11) is 0. The first kappa shape index (κ1) is 14.0. The topological polar surface area (TPSA) is 43.8 Å². The number of hydrogen-bond acceptors (Lipinski definition) is 2. The molecule has 2 aromatic carbocycles. The monoisotopic (exact) mass is 341 g/mol. The van der Waals surface area contributed by atoms with Gasteiger partial charge < -0.3 is 5.73 Å². The van der Waals surface area contributed by atoms with Gasteiger partial charge in [-0.2, -0.15) is 0 Å². The fourth-order valence-electron chi connectivity index (χ4n) is 2.28. The van der Waals surface area contributed by atoms with Crippen molar-refractivity contribution in [3.05, 3.63) is 70.5 Å². The molecule has 3 aromatic rings. The minimum absolute atomic E-state index is 0.523. The van der Waals surface area contributed by atoms with Crippen LogP contribution in [0.3, 0.4) is 0 Å². The lowest BCUT2D eigenvalue weighted by Crippen LogP contribution is -2.00. The van der Waals surface area contributed by atoms with Crippen molar-refractivity contribution >= 4 is 15.9 Å². The molecule has 0 spiro atoms. The van der Waals surface area contributed by atoms with E-state index < -0.39 is 0 Å². The molecule has 1 heterocycles. The fourth-order valence-corrected chi connectivity index (χ4v) is 2.81. The van der Waals surface area contributed by atoms with Crippen molar-refractivity contribution in [1.29, 1.82) is 0 Å². The Hall–Kier alpha value is -1.91. The van der Waals surface area contributed by atoms with Crippen molar-refractivity contribution < 1.29 is 0 Å². The highest BCUT2D eigenvalue weighted by molar-refractivity contribution is 9.10. The molecular formula is C17H16BrN3. The molecule has 0 aliphatic rings. The van der Waals surface area contributed by atoms with Gasteiger partial charge in [-0.05, 0) is 24.6 Å². The highest BCUT2D eigenvalue weighted by Gasteiger charge is 2.09. The summed E-state index contributed by atoms with van der Waals surface area (Å²) in [6.45, 7) is 2.61. The van der Waals surface area contributed by atoms with Gasteiger partial charge in [-0.15, -0.1) is 0 Å². The summed E-state index contributed by atoms with van der Waals surface area (Å²) in [6, 6.07) is 14.6. The first-order valence-corrected chi connectivity index (χ1v) is 7.57. The lowest BCUT2D eigenvalue weighted by atomic mass is 10.1. The Balaban J connectivity index is 2.06. The molecule has 0 unspecified atom stereocenters. The molecule has 3 rings (SSSR count). The molecule has 0 aliphatic heterocycles. The molecule has 0 saturated carbocycles. The molecule has 0 atom stereocenters. The van der Waals surface area contributed by atoms with E-state index in [0.29, 0.717) is 6.54 Å². The third-order valence-corrected chi connectivity index (χ3v) is 4.22. The largest absolute Gasteiger partial charge is 0.326 e. The highest BCUT2D eigenvalue weighted by atomic mass is 79.9. The summed E-state index contributed by atoms with van der Waals surface area (Å²) < 4.78 is 3.10. The third-order valence-electron chi connectivity index (χ3n) is 3.49. The lowest BCUT2D eigenvalue weighted by molar-refractivity contribution is 1.03. The molecule has 0 saturated heterocycles. The van der Waals surface area contributed by atoms with E-state index in [1.807, 2.05) is 18.5 Å². The van der Waals surface area contributed by atoms with E-state index in [2.05, 4.69) is 68.8 Å². The summed E-state index contributed by atoms with van der Waals surface area (Å²) >= 11 is 3.57. The number of nitrogens with two attached hydrogens (primary N) is 1. The predicted molar refractivity (Wildman–Crippen MR) is 89.3 cm³/mol. The van der Waals surface area contributed by atoms with Gasteiger partial charge in [0, 0.05) is 34.7 Å². The van der Waals surface area contributed by atoms with Crippen molar-refractivity contribution in [2.45, 2.75) is 13.5 Å². The SMILES string of the molecule is Cc1ccc(-c2nccn2-c2ccc(CN)c(Br)c2)cc1. The summed E-state index contributed by atoms with van der Waals surface area (Å²) in [6.07, 6.45) is 3.79. The number of aromatic nitrogens is 2. The molecule has 3 nitrogen and oxygen atoms in total. The maximum atomic E-state index is 5.71. The van der Waals surface area contributed by atoms with E-state index in [1.165, 1.54) is 5.56 Å². The average Bonchev–Trinajstić information content (AvgIpc) is 2.97. The third kappa shape index (κ3) is 2.77. The number of imidazole rings is 1. The Labute approximate surface area is 132 Å². The molecule has 21 heavy (non-hydrogen) atoms. The maximum absolute atomic E-state index is 5.71. The van der Waals surface area contributed by atoms with Gasteiger partial charge in [-0.3, -0.25) is 4.57 Å². The van der Waals surface area contributed by atoms with Crippen molar-refractivity contribution in [3.8, 4) is 17.1 Å². The second-order valence-corrected chi connectivity index (χ2v) is 5.82. The minimum atomic E-state index is 0.523. The fraction of sp³-hybridized carbons (Fsp3) is 0.118. The molecule has 4 heteroatoms. The van der Waals surface area contributed by atoms with Crippen LogP contribution in [0.4, 0.5) is 0 Å². The molecule has 0 radical (unpaired) electrons. The number of rotatable bonds is 3. The van der Waals surface area contributed by atoms with Crippen LogP contribution in [0.5, 0.6) is 0 Å². The van der Waals surface area contributed by atoms with Crippen LogP contribution >= 0.6 is 15.9 Å². The van der Waals surface area contributed by atoms with Crippen molar-refractivity contribution in [2.75, 3.05) is 0 Å². The molecule has 106 valence electrons. The van der Waals surface area contributed by atoms with Gasteiger partial charge in [0.25, 0.3) is 0 Å². The van der Waals surface area contributed by atoms with E-state index in [-0.39, 0.29) is 0 Å². The predicted octanol–water partition coefficient (Wildman–Crippen LogP) is 4.07. The zero-order valence-electron chi connectivity index (χ0n) is 11.8. The minimum Gasteiger partial charge on any atom is -0.326 e. The van der Waals surface area contributed by atoms with E-state index >= 15 is 0 Å². The second-order valence-electron chi connectivity index (χ2n) is 4.97. The quantitative estimate of drug-likeness (QED) is 0.780. The van der Waals surface area contributed by atoms with Crippen LogP contribution in [-0.2, 0) is 6.54 Å². The number of nitrogens with zero attached hydrogens (tertiary/aromatic N) is 2. The van der Waals surface area contributed by atoms with Crippen LogP contribution < -0.4 is 5.73 Å². The number of halogens is 1. The first-order chi connectivity index (χ1) is 10.2. The molecule has 1 aromatic heterocycles. The Morgan fingerprint density at radius 3 is 2.57 bits per heavy atom. The Morgan fingerprint density at radius 2 is 1.90 bits per heavy atom. The van der Waals surface area contributed by atoms with Gasteiger partial charge >= 0.3 is 0 Å². The normalized spacial score (nSPS) is 10.8. The highest BCUT2D eigenvalue weighted by Crippen LogP contribution is 2.25. The van der Waals surface area contributed by atoms with Crippen LogP contribution in [0.25, 0.3) is 17.1 Å². The number of hydrogen-bond donors (Lipinski definition) is 1. The maximum Gasteiger partial charge on any atom is 0.144 e. The van der Waals surface area contributed by atoms with Gasteiger partial charge in [0.2, 0.25) is 0 Å². The molecule has 2 N–H and O–H groups in total. The van der Waals surface area contributed by atoms with Gasteiger partial charge in [-0.25, -0.2) is 4.98 Å². The van der Waals surface area contributed by atoms with Crippen molar-refractivity contribution in [3.63, 3.8) is 0 Å². The molecule has 0 bridgehead atoms. The smallest absolute Gasteiger partial charge is 0.144 e.